The first-order valence-corrected chi connectivity index (χ1v) is 8.27. The van der Waals surface area contributed by atoms with Crippen molar-refractivity contribution >= 4 is 15.9 Å². The third-order valence-electron chi connectivity index (χ3n) is 4.12. The van der Waals surface area contributed by atoms with Crippen molar-refractivity contribution in [3.05, 3.63) is 22.2 Å². The van der Waals surface area contributed by atoms with Crippen LogP contribution >= 0.6 is 15.9 Å². The van der Waals surface area contributed by atoms with Gasteiger partial charge in [-0.05, 0) is 37.8 Å². The van der Waals surface area contributed by atoms with Gasteiger partial charge in [-0.3, -0.25) is 0 Å². The number of halogens is 1. The number of benzene rings is 1. The lowest BCUT2D eigenvalue weighted by Crippen LogP contribution is -2.88. The van der Waals surface area contributed by atoms with E-state index >= 15 is 0 Å². The fraction of sp³-hybridized carbons (Fsp3) is 0.625. The lowest BCUT2D eigenvalue weighted by atomic mass is 10.1. The molecule has 2 rings (SSSR count). The molecule has 2 N–H and O–H groups in total. The van der Waals surface area contributed by atoms with E-state index in [0.29, 0.717) is 0 Å². The fourth-order valence-corrected chi connectivity index (χ4v) is 3.38. The summed E-state index contributed by atoms with van der Waals surface area (Å²) in [5.74, 6) is 1.58. The van der Waals surface area contributed by atoms with Gasteiger partial charge in [-0.1, -0.05) is 28.8 Å². The highest BCUT2D eigenvalue weighted by atomic mass is 79.9. The molecule has 1 fully saturated rings. The molecule has 1 aliphatic rings. The van der Waals surface area contributed by atoms with Gasteiger partial charge < -0.3 is 14.8 Å². The first-order chi connectivity index (χ1) is 9.74. The van der Waals surface area contributed by atoms with E-state index in [4.69, 9.17) is 9.47 Å². The van der Waals surface area contributed by atoms with E-state index in [1.165, 1.54) is 44.1 Å². The zero-order valence-corrected chi connectivity index (χ0v) is 14.0. The molecule has 0 atom stereocenters. The van der Waals surface area contributed by atoms with Crippen molar-refractivity contribution in [1.29, 1.82) is 0 Å². The minimum absolute atomic E-state index is 0.775. The third kappa shape index (κ3) is 4.13. The van der Waals surface area contributed by atoms with E-state index in [1.807, 2.05) is 6.07 Å². The summed E-state index contributed by atoms with van der Waals surface area (Å²) < 4.78 is 11.8. The summed E-state index contributed by atoms with van der Waals surface area (Å²) in [6, 6.07) is 4.85. The van der Waals surface area contributed by atoms with E-state index in [1.54, 1.807) is 14.2 Å². The van der Waals surface area contributed by atoms with Crippen LogP contribution in [0.1, 0.15) is 44.1 Å². The maximum atomic E-state index is 5.38. The van der Waals surface area contributed by atoms with Crippen LogP contribution in [-0.4, -0.2) is 20.3 Å². The molecular formula is C16H25BrNO2+. The number of methoxy groups -OCH3 is 2. The van der Waals surface area contributed by atoms with Gasteiger partial charge in [-0.25, -0.2) is 0 Å². The molecule has 4 heteroatoms. The summed E-state index contributed by atoms with van der Waals surface area (Å²) in [4.78, 5) is 0. The molecule has 3 nitrogen and oxygen atoms in total. The largest absolute Gasteiger partial charge is 0.493 e. The van der Waals surface area contributed by atoms with Crippen LogP contribution in [0.5, 0.6) is 11.5 Å². The zero-order valence-electron chi connectivity index (χ0n) is 12.5. The molecule has 0 radical (unpaired) electrons. The van der Waals surface area contributed by atoms with Crippen LogP contribution in [0.25, 0.3) is 0 Å². The number of ether oxygens (including phenoxy) is 2. The topological polar surface area (TPSA) is 35.1 Å². The van der Waals surface area contributed by atoms with Gasteiger partial charge in [0.2, 0.25) is 0 Å². The molecule has 0 spiro atoms. The van der Waals surface area contributed by atoms with Gasteiger partial charge in [0, 0.05) is 10.0 Å². The SMILES string of the molecule is COc1cc(Br)c(C[NH2+]C2CCCCCC2)cc1OC. The van der Waals surface area contributed by atoms with Crippen LogP contribution < -0.4 is 14.8 Å². The maximum Gasteiger partial charge on any atom is 0.161 e. The van der Waals surface area contributed by atoms with Crippen LogP contribution in [0.4, 0.5) is 0 Å². The van der Waals surface area contributed by atoms with Gasteiger partial charge in [0.05, 0.1) is 20.3 Å². The number of nitrogens with two attached hydrogens (primary N) is 1. The molecule has 112 valence electrons. The molecule has 1 aromatic carbocycles. The molecule has 0 aromatic heterocycles. The first kappa shape index (κ1) is 15.6. The smallest absolute Gasteiger partial charge is 0.161 e. The Morgan fingerprint density at radius 2 is 1.65 bits per heavy atom. The summed E-state index contributed by atoms with van der Waals surface area (Å²) in [5.41, 5.74) is 1.27. The van der Waals surface area contributed by atoms with Gasteiger partial charge in [0.25, 0.3) is 0 Å². The van der Waals surface area contributed by atoms with Crippen molar-refractivity contribution in [1.82, 2.24) is 0 Å². The molecule has 1 aromatic rings. The number of hydrogen-bond acceptors (Lipinski definition) is 2. The second-order valence-electron chi connectivity index (χ2n) is 5.49. The van der Waals surface area contributed by atoms with Crippen LogP contribution in [0.3, 0.4) is 0 Å². The van der Waals surface area contributed by atoms with E-state index < -0.39 is 0 Å². The molecule has 20 heavy (non-hydrogen) atoms. The Kier molecular flexibility index (Phi) is 6.17. The number of rotatable bonds is 5. The maximum absolute atomic E-state index is 5.38. The summed E-state index contributed by atoms with van der Waals surface area (Å²) in [5, 5.41) is 2.48. The van der Waals surface area contributed by atoms with Crippen LogP contribution in [0.2, 0.25) is 0 Å². The molecule has 0 unspecified atom stereocenters. The standard InChI is InChI=1S/C16H24BrNO2/c1-19-15-9-12(14(17)10-16(15)20-2)11-18-13-7-5-3-4-6-8-13/h9-10,13,18H,3-8,11H2,1-2H3/p+1. The second kappa shape index (κ2) is 7.89. The van der Waals surface area contributed by atoms with Crippen LogP contribution in [0, 0.1) is 0 Å². The van der Waals surface area contributed by atoms with Crippen molar-refractivity contribution in [2.75, 3.05) is 14.2 Å². The average Bonchev–Trinajstić information content (AvgIpc) is 2.74. The molecule has 0 saturated heterocycles. The molecule has 0 heterocycles. The zero-order chi connectivity index (χ0) is 14.4. The highest BCUT2D eigenvalue weighted by Crippen LogP contribution is 2.32. The van der Waals surface area contributed by atoms with Crippen molar-refractivity contribution in [3.8, 4) is 11.5 Å². The Balaban J connectivity index is 2.01. The predicted molar refractivity (Wildman–Crippen MR) is 84.4 cm³/mol. The van der Waals surface area contributed by atoms with Crippen molar-refractivity contribution in [2.45, 2.75) is 51.1 Å². The van der Waals surface area contributed by atoms with Crippen molar-refractivity contribution < 1.29 is 14.8 Å². The molecule has 0 aliphatic heterocycles. The van der Waals surface area contributed by atoms with Crippen LogP contribution in [0.15, 0.2) is 16.6 Å². The Labute approximate surface area is 130 Å². The van der Waals surface area contributed by atoms with Gasteiger partial charge in [-0.15, -0.1) is 0 Å². The molecular weight excluding hydrogens is 318 g/mol. The predicted octanol–water partition coefficient (Wildman–Crippen LogP) is 3.25. The van der Waals surface area contributed by atoms with Crippen molar-refractivity contribution in [2.24, 2.45) is 0 Å². The summed E-state index contributed by atoms with van der Waals surface area (Å²) >= 11 is 3.64. The monoisotopic (exact) mass is 342 g/mol. The lowest BCUT2D eigenvalue weighted by Gasteiger charge is -2.15. The molecule has 0 amide bonds. The molecule has 0 bridgehead atoms. The second-order valence-corrected chi connectivity index (χ2v) is 6.34. The van der Waals surface area contributed by atoms with Crippen LogP contribution in [-0.2, 0) is 6.54 Å². The van der Waals surface area contributed by atoms with E-state index in [9.17, 15) is 0 Å². The van der Waals surface area contributed by atoms with E-state index in [0.717, 1.165) is 28.6 Å². The van der Waals surface area contributed by atoms with Gasteiger partial charge in [0.15, 0.2) is 11.5 Å². The fourth-order valence-electron chi connectivity index (χ4n) is 2.89. The molecule has 1 aliphatic carbocycles. The first-order valence-electron chi connectivity index (χ1n) is 7.48. The van der Waals surface area contributed by atoms with E-state index in [-0.39, 0.29) is 0 Å². The minimum Gasteiger partial charge on any atom is -0.493 e. The number of quaternary nitrogens is 1. The minimum atomic E-state index is 0.775. The highest BCUT2D eigenvalue weighted by molar-refractivity contribution is 9.10. The molecule has 1 saturated carbocycles. The Hall–Kier alpha value is -0.740. The van der Waals surface area contributed by atoms with Gasteiger partial charge in [0.1, 0.15) is 6.54 Å². The Bertz CT molecular complexity index is 429. The van der Waals surface area contributed by atoms with Crippen molar-refractivity contribution in [3.63, 3.8) is 0 Å². The Morgan fingerprint density at radius 3 is 2.25 bits per heavy atom. The van der Waals surface area contributed by atoms with E-state index in [2.05, 4.69) is 27.3 Å². The summed E-state index contributed by atoms with van der Waals surface area (Å²) in [6.45, 7) is 0.992. The summed E-state index contributed by atoms with van der Waals surface area (Å²) in [6.07, 6.45) is 8.28. The van der Waals surface area contributed by atoms with Gasteiger partial charge >= 0.3 is 0 Å². The summed E-state index contributed by atoms with van der Waals surface area (Å²) in [7, 11) is 3.35. The third-order valence-corrected chi connectivity index (χ3v) is 4.86. The average molecular weight is 343 g/mol. The lowest BCUT2D eigenvalue weighted by molar-refractivity contribution is -0.705. The number of hydrogen-bond donors (Lipinski definition) is 1. The normalized spacial score (nSPS) is 16.8. The Morgan fingerprint density at radius 1 is 1.05 bits per heavy atom. The quantitative estimate of drug-likeness (QED) is 0.833. The van der Waals surface area contributed by atoms with Gasteiger partial charge in [-0.2, -0.15) is 0 Å². The highest BCUT2D eigenvalue weighted by Gasteiger charge is 2.16.